The zero-order valence-electron chi connectivity index (χ0n) is 11.1. The smallest absolute Gasteiger partial charge is 0.262 e. The van der Waals surface area contributed by atoms with E-state index in [1.807, 2.05) is 0 Å². The molecule has 0 aromatic heterocycles. The van der Waals surface area contributed by atoms with Crippen LogP contribution in [0.3, 0.4) is 0 Å². The van der Waals surface area contributed by atoms with Crippen molar-refractivity contribution >= 4 is 21.4 Å². The maximum Gasteiger partial charge on any atom is 0.262 e. The quantitative estimate of drug-likeness (QED) is 0.855. The van der Waals surface area contributed by atoms with E-state index in [1.54, 1.807) is 19.9 Å². The Morgan fingerprint density at radius 1 is 1.05 bits per heavy atom. The molecule has 3 N–H and O–H groups in total. The number of aryl methyl sites for hydroxylation is 2. The Balaban J connectivity index is 2.41. The molecule has 6 heteroatoms. The second-order valence-electron chi connectivity index (χ2n) is 4.59. The molecule has 0 aliphatic carbocycles. The Morgan fingerprint density at radius 3 is 2.35 bits per heavy atom. The van der Waals surface area contributed by atoms with Crippen LogP contribution in [0.4, 0.5) is 15.8 Å². The van der Waals surface area contributed by atoms with E-state index in [0.29, 0.717) is 22.5 Å². The number of benzene rings is 2. The number of anilines is 2. The fraction of sp³-hybridized carbons (Fsp3) is 0.143. The van der Waals surface area contributed by atoms with Crippen LogP contribution in [0, 0.1) is 19.7 Å². The lowest BCUT2D eigenvalue weighted by molar-refractivity contribution is 0.600. The average Bonchev–Trinajstić information content (AvgIpc) is 2.32. The number of nitrogen functional groups attached to an aromatic ring is 1. The van der Waals surface area contributed by atoms with Crippen molar-refractivity contribution in [1.29, 1.82) is 0 Å². The van der Waals surface area contributed by atoms with Crippen molar-refractivity contribution in [2.45, 2.75) is 18.7 Å². The van der Waals surface area contributed by atoms with Gasteiger partial charge in [-0.2, -0.15) is 0 Å². The zero-order valence-corrected chi connectivity index (χ0v) is 12.0. The molecular weight excluding hydrogens is 279 g/mol. The van der Waals surface area contributed by atoms with Crippen molar-refractivity contribution in [2.24, 2.45) is 0 Å². The van der Waals surface area contributed by atoms with Crippen LogP contribution in [0.1, 0.15) is 11.1 Å². The number of nitrogens with two attached hydrogens (primary N) is 1. The van der Waals surface area contributed by atoms with Crippen LogP contribution in [-0.4, -0.2) is 8.42 Å². The van der Waals surface area contributed by atoms with E-state index >= 15 is 0 Å². The van der Waals surface area contributed by atoms with Crippen LogP contribution in [0.25, 0.3) is 0 Å². The first kappa shape index (κ1) is 14.3. The molecule has 0 unspecified atom stereocenters. The van der Waals surface area contributed by atoms with E-state index in [0.717, 1.165) is 0 Å². The van der Waals surface area contributed by atoms with Gasteiger partial charge < -0.3 is 5.73 Å². The number of hydrogen-bond acceptors (Lipinski definition) is 3. The van der Waals surface area contributed by atoms with Gasteiger partial charge >= 0.3 is 0 Å². The van der Waals surface area contributed by atoms with Crippen molar-refractivity contribution in [2.75, 3.05) is 10.5 Å². The Labute approximate surface area is 117 Å². The lowest BCUT2D eigenvalue weighted by atomic mass is 10.2. The van der Waals surface area contributed by atoms with Gasteiger partial charge in [0.2, 0.25) is 0 Å². The second kappa shape index (κ2) is 5.13. The summed E-state index contributed by atoms with van der Waals surface area (Å²) in [5.41, 5.74) is 7.52. The largest absolute Gasteiger partial charge is 0.399 e. The first-order valence-electron chi connectivity index (χ1n) is 5.95. The molecule has 20 heavy (non-hydrogen) atoms. The first-order chi connectivity index (χ1) is 9.29. The summed E-state index contributed by atoms with van der Waals surface area (Å²) in [5.74, 6) is -0.408. The fourth-order valence-corrected chi connectivity index (χ4v) is 3.27. The summed E-state index contributed by atoms with van der Waals surface area (Å²) in [4.78, 5) is 0.149. The molecule has 0 saturated heterocycles. The third kappa shape index (κ3) is 2.91. The third-order valence-corrected chi connectivity index (χ3v) is 4.45. The molecule has 0 heterocycles. The van der Waals surface area contributed by atoms with Gasteiger partial charge in [-0.05, 0) is 61.4 Å². The second-order valence-corrected chi connectivity index (χ2v) is 6.24. The Hall–Kier alpha value is -2.08. The van der Waals surface area contributed by atoms with E-state index in [1.165, 1.54) is 30.3 Å². The number of rotatable bonds is 3. The van der Waals surface area contributed by atoms with Gasteiger partial charge in [-0.3, -0.25) is 4.72 Å². The van der Waals surface area contributed by atoms with E-state index < -0.39 is 15.8 Å². The highest BCUT2D eigenvalue weighted by molar-refractivity contribution is 7.92. The molecule has 0 saturated carbocycles. The molecule has 0 atom stereocenters. The summed E-state index contributed by atoms with van der Waals surface area (Å²) >= 11 is 0. The number of nitrogens with one attached hydrogen (secondary N) is 1. The molecule has 106 valence electrons. The molecule has 0 amide bonds. The van der Waals surface area contributed by atoms with Gasteiger partial charge in [0, 0.05) is 5.69 Å². The monoisotopic (exact) mass is 294 g/mol. The van der Waals surface area contributed by atoms with Crippen molar-refractivity contribution < 1.29 is 12.8 Å². The number of halogens is 1. The van der Waals surface area contributed by atoms with Crippen molar-refractivity contribution in [3.8, 4) is 0 Å². The average molecular weight is 294 g/mol. The van der Waals surface area contributed by atoms with Gasteiger partial charge in [-0.25, -0.2) is 12.8 Å². The van der Waals surface area contributed by atoms with Gasteiger partial charge in [0.1, 0.15) is 5.82 Å². The molecule has 0 radical (unpaired) electrons. The van der Waals surface area contributed by atoms with Crippen molar-refractivity contribution in [3.63, 3.8) is 0 Å². The highest BCUT2D eigenvalue weighted by Crippen LogP contribution is 2.23. The van der Waals surface area contributed by atoms with E-state index in [9.17, 15) is 12.8 Å². The van der Waals surface area contributed by atoms with Gasteiger partial charge in [0.15, 0.2) is 0 Å². The van der Waals surface area contributed by atoms with E-state index in [2.05, 4.69) is 4.72 Å². The van der Waals surface area contributed by atoms with Gasteiger partial charge in [-0.15, -0.1) is 0 Å². The normalized spacial score (nSPS) is 11.3. The molecule has 0 aliphatic rings. The maximum atomic E-state index is 13.0. The molecule has 0 bridgehead atoms. The van der Waals surface area contributed by atoms with Crippen LogP contribution in [0.15, 0.2) is 41.3 Å². The maximum absolute atomic E-state index is 13.0. The lowest BCUT2D eigenvalue weighted by Crippen LogP contribution is -2.15. The molecule has 2 aromatic carbocycles. The van der Waals surface area contributed by atoms with Crippen LogP contribution < -0.4 is 10.5 Å². The van der Waals surface area contributed by atoms with Crippen LogP contribution in [0.5, 0.6) is 0 Å². The highest BCUT2D eigenvalue weighted by atomic mass is 32.2. The predicted octanol–water partition coefficient (Wildman–Crippen LogP) is 2.83. The predicted molar refractivity (Wildman–Crippen MR) is 77.5 cm³/mol. The standard InChI is InChI=1S/C14H15FN2O2S/c1-9-7-11(15)3-5-13(9)17-20(18,19)14-6-4-12(16)8-10(14)2/h3-8,17H,16H2,1-2H3. The van der Waals surface area contributed by atoms with E-state index in [-0.39, 0.29) is 4.90 Å². The Bertz CT molecular complexity index is 758. The van der Waals surface area contributed by atoms with Crippen molar-refractivity contribution in [1.82, 2.24) is 0 Å². The van der Waals surface area contributed by atoms with Gasteiger partial charge in [0.25, 0.3) is 10.0 Å². The van der Waals surface area contributed by atoms with Crippen LogP contribution >= 0.6 is 0 Å². The zero-order chi connectivity index (χ0) is 14.9. The fourth-order valence-electron chi connectivity index (χ4n) is 1.92. The molecule has 2 rings (SSSR count). The number of sulfonamides is 1. The minimum absolute atomic E-state index is 0.149. The first-order valence-corrected chi connectivity index (χ1v) is 7.43. The Kier molecular flexibility index (Phi) is 3.67. The van der Waals surface area contributed by atoms with Gasteiger partial charge in [0.05, 0.1) is 10.6 Å². The summed E-state index contributed by atoms with van der Waals surface area (Å²) in [5, 5.41) is 0. The Morgan fingerprint density at radius 2 is 1.75 bits per heavy atom. The summed E-state index contributed by atoms with van der Waals surface area (Å²) in [6, 6.07) is 8.44. The topological polar surface area (TPSA) is 72.2 Å². The highest BCUT2D eigenvalue weighted by Gasteiger charge is 2.17. The minimum Gasteiger partial charge on any atom is -0.399 e. The van der Waals surface area contributed by atoms with Crippen molar-refractivity contribution in [3.05, 3.63) is 53.3 Å². The minimum atomic E-state index is -3.72. The molecular formula is C14H15FN2O2S. The number of hydrogen-bond donors (Lipinski definition) is 2. The van der Waals surface area contributed by atoms with Crippen LogP contribution in [0.2, 0.25) is 0 Å². The van der Waals surface area contributed by atoms with Crippen LogP contribution in [-0.2, 0) is 10.0 Å². The van der Waals surface area contributed by atoms with Gasteiger partial charge in [-0.1, -0.05) is 0 Å². The molecule has 0 aliphatic heterocycles. The third-order valence-electron chi connectivity index (χ3n) is 2.92. The molecule has 4 nitrogen and oxygen atoms in total. The molecule has 0 fully saturated rings. The molecule has 0 spiro atoms. The summed E-state index contributed by atoms with van der Waals surface area (Å²) in [7, 11) is -3.72. The SMILES string of the molecule is Cc1cc(F)ccc1NS(=O)(=O)c1ccc(N)cc1C. The lowest BCUT2D eigenvalue weighted by Gasteiger charge is -2.12. The summed E-state index contributed by atoms with van der Waals surface area (Å²) in [6.07, 6.45) is 0. The summed E-state index contributed by atoms with van der Waals surface area (Å²) < 4.78 is 40.1. The van der Waals surface area contributed by atoms with E-state index in [4.69, 9.17) is 5.73 Å². The molecule has 2 aromatic rings. The summed E-state index contributed by atoms with van der Waals surface area (Å²) in [6.45, 7) is 3.30.